The summed E-state index contributed by atoms with van der Waals surface area (Å²) in [6, 6.07) is 3.62. The number of pyridine rings is 1. The van der Waals surface area contributed by atoms with Gasteiger partial charge in [-0.05, 0) is 44.1 Å². The zero-order valence-corrected chi connectivity index (χ0v) is 20.3. The minimum atomic E-state index is -0.589. The highest BCUT2D eigenvalue weighted by Crippen LogP contribution is 2.45. The Labute approximate surface area is 207 Å². The van der Waals surface area contributed by atoms with Crippen molar-refractivity contribution in [1.82, 2.24) is 34.4 Å². The molecule has 0 unspecified atom stereocenters. The van der Waals surface area contributed by atoms with E-state index >= 15 is 0 Å². The molecule has 4 heterocycles. The van der Waals surface area contributed by atoms with E-state index < -0.39 is 12.6 Å². The lowest BCUT2D eigenvalue weighted by atomic mass is 10.0. The van der Waals surface area contributed by atoms with Crippen LogP contribution in [0.25, 0.3) is 28.3 Å². The van der Waals surface area contributed by atoms with E-state index in [2.05, 4.69) is 20.1 Å². The Morgan fingerprint density at radius 2 is 2.14 bits per heavy atom. The molecule has 1 aliphatic carbocycles. The van der Waals surface area contributed by atoms with Crippen LogP contribution in [0.2, 0.25) is 0 Å². The number of H-pyrrole nitrogens is 1. The van der Waals surface area contributed by atoms with Crippen LogP contribution >= 0.6 is 0 Å². The predicted molar refractivity (Wildman–Crippen MR) is 132 cm³/mol. The zero-order valence-electron chi connectivity index (χ0n) is 20.3. The van der Waals surface area contributed by atoms with Crippen LogP contribution < -0.4 is 5.73 Å². The largest absolute Gasteiger partial charge is 0.387 e. The van der Waals surface area contributed by atoms with E-state index in [9.17, 15) is 14.3 Å². The quantitative estimate of drug-likeness (QED) is 0.326. The predicted octanol–water partition coefficient (Wildman–Crippen LogP) is 2.94. The topological polar surface area (TPSA) is 138 Å². The van der Waals surface area contributed by atoms with Crippen LogP contribution in [-0.2, 0) is 11.2 Å². The fourth-order valence-electron chi connectivity index (χ4n) is 4.70. The molecule has 4 aromatic rings. The Morgan fingerprint density at radius 3 is 2.75 bits per heavy atom. The van der Waals surface area contributed by atoms with Crippen molar-refractivity contribution < 1.29 is 14.3 Å². The average molecular weight is 493 g/mol. The number of aromatic amines is 1. The number of nitrogens with two attached hydrogens (primary N) is 1. The highest BCUT2D eigenvalue weighted by atomic mass is 19.1. The van der Waals surface area contributed by atoms with Gasteiger partial charge in [0.2, 0.25) is 11.9 Å². The van der Waals surface area contributed by atoms with E-state index in [0.29, 0.717) is 41.7 Å². The molecule has 1 saturated carbocycles. The number of carbonyl (C=O) groups is 1. The van der Waals surface area contributed by atoms with Gasteiger partial charge in [0.1, 0.15) is 18.1 Å². The molecule has 1 aliphatic rings. The van der Waals surface area contributed by atoms with Gasteiger partial charge in [0.25, 0.3) is 0 Å². The molecule has 1 amide bonds. The summed E-state index contributed by atoms with van der Waals surface area (Å²) in [6.07, 6.45) is 8.86. The van der Waals surface area contributed by atoms with Crippen molar-refractivity contribution >= 4 is 17.4 Å². The number of imidazole rings is 1. The van der Waals surface area contributed by atoms with Crippen molar-refractivity contribution in [3.05, 3.63) is 47.9 Å². The van der Waals surface area contributed by atoms with Gasteiger partial charge in [-0.1, -0.05) is 13.0 Å². The van der Waals surface area contributed by atoms with Crippen LogP contribution in [0.15, 0.2) is 30.7 Å². The molecule has 0 radical (unpaired) electrons. The molecule has 0 spiro atoms. The summed E-state index contributed by atoms with van der Waals surface area (Å²) in [5, 5.41) is 13.8. The number of likely N-dealkylation sites (N-methyl/N-ethyl adjacent to an activating group) is 1. The van der Waals surface area contributed by atoms with Gasteiger partial charge in [-0.3, -0.25) is 9.78 Å². The number of hydrogen-bond donors (Lipinski definition) is 3. The van der Waals surface area contributed by atoms with Gasteiger partial charge < -0.3 is 20.7 Å². The third-order valence-electron chi connectivity index (χ3n) is 6.91. The number of carbonyl (C=O) groups excluding carboxylic acids is 1. The lowest BCUT2D eigenvalue weighted by Crippen LogP contribution is -2.38. The summed E-state index contributed by atoms with van der Waals surface area (Å²) in [6.45, 7) is 1.53. The standard InChI is InChI=1S/C25H29FN8O2/c1-3-16(33(2)21(36)13-35)7-9-18-22(14-4-5-14)23(27)34-25(31-18)17(11-30-34)15-6-8-19(28-10-15)24-29-12-20(26)32-24/h6,8,10-12,14,16,35H,3-5,7,9,13,27H2,1-2H3,(H,29,32)/t16-/m1/s1. The van der Waals surface area contributed by atoms with Crippen molar-refractivity contribution in [3.8, 4) is 22.6 Å². The smallest absolute Gasteiger partial charge is 0.248 e. The van der Waals surface area contributed by atoms with Crippen LogP contribution in [0.3, 0.4) is 0 Å². The Hall–Kier alpha value is -3.86. The molecule has 11 heteroatoms. The van der Waals surface area contributed by atoms with E-state index in [0.717, 1.165) is 41.6 Å². The van der Waals surface area contributed by atoms with Crippen molar-refractivity contribution in [2.75, 3.05) is 19.4 Å². The number of anilines is 1. The number of hydrogen-bond acceptors (Lipinski definition) is 7. The molecule has 1 fully saturated rings. The first-order chi connectivity index (χ1) is 17.4. The van der Waals surface area contributed by atoms with Crippen molar-refractivity contribution in [1.29, 1.82) is 0 Å². The molecule has 0 saturated heterocycles. The first-order valence-electron chi connectivity index (χ1n) is 12.1. The lowest BCUT2D eigenvalue weighted by molar-refractivity contribution is -0.135. The Morgan fingerprint density at radius 1 is 1.33 bits per heavy atom. The molecule has 0 bridgehead atoms. The molecule has 10 nitrogen and oxygen atoms in total. The van der Waals surface area contributed by atoms with Gasteiger partial charge in [-0.15, -0.1) is 0 Å². The van der Waals surface area contributed by atoms with Crippen LogP contribution in [-0.4, -0.2) is 65.2 Å². The van der Waals surface area contributed by atoms with Crippen molar-refractivity contribution in [3.63, 3.8) is 0 Å². The monoisotopic (exact) mass is 492 g/mol. The van der Waals surface area contributed by atoms with Crippen LogP contribution in [0.4, 0.5) is 10.2 Å². The van der Waals surface area contributed by atoms with Gasteiger partial charge in [-0.2, -0.15) is 19.0 Å². The molecule has 1 atom stereocenters. The van der Waals surface area contributed by atoms with E-state index in [1.54, 1.807) is 34.9 Å². The SMILES string of the molecule is CC[C@H](CCc1nc2c(-c3ccc(-c4nc(F)c[nH]4)nc3)cnn2c(N)c1C1CC1)N(C)C(=O)CO. The minimum absolute atomic E-state index is 0.0106. The molecule has 36 heavy (non-hydrogen) atoms. The van der Waals surface area contributed by atoms with Gasteiger partial charge in [0.15, 0.2) is 11.5 Å². The molecule has 5 rings (SSSR count). The summed E-state index contributed by atoms with van der Waals surface area (Å²) in [4.78, 5) is 29.6. The maximum absolute atomic E-state index is 13.3. The summed E-state index contributed by atoms with van der Waals surface area (Å²) in [7, 11) is 1.72. The van der Waals surface area contributed by atoms with Crippen LogP contribution in [0.5, 0.6) is 0 Å². The summed E-state index contributed by atoms with van der Waals surface area (Å²) < 4.78 is 14.9. The summed E-state index contributed by atoms with van der Waals surface area (Å²) >= 11 is 0. The third kappa shape index (κ3) is 4.41. The van der Waals surface area contributed by atoms with E-state index in [4.69, 9.17) is 10.7 Å². The highest BCUT2D eigenvalue weighted by Gasteiger charge is 2.31. The first kappa shape index (κ1) is 23.9. The lowest BCUT2D eigenvalue weighted by Gasteiger charge is -2.27. The Kier molecular flexibility index (Phi) is 6.40. The fraction of sp³-hybridized carbons (Fsp3) is 0.400. The Bertz CT molecular complexity index is 1390. The molecule has 0 aromatic carbocycles. The number of halogens is 1. The zero-order chi connectivity index (χ0) is 25.4. The molecule has 4 N–H and O–H groups in total. The first-order valence-corrected chi connectivity index (χ1v) is 12.1. The maximum Gasteiger partial charge on any atom is 0.248 e. The maximum atomic E-state index is 13.3. The average Bonchev–Trinajstić information content (AvgIpc) is 3.48. The molecule has 4 aromatic heterocycles. The second kappa shape index (κ2) is 9.65. The van der Waals surface area contributed by atoms with Gasteiger partial charge in [0, 0.05) is 36.0 Å². The number of nitrogen functional groups attached to an aromatic ring is 1. The number of aliphatic hydroxyl groups excluding tert-OH is 1. The second-order valence-electron chi connectivity index (χ2n) is 9.19. The number of nitrogens with one attached hydrogen (secondary N) is 1. The molecular weight excluding hydrogens is 463 g/mol. The summed E-state index contributed by atoms with van der Waals surface area (Å²) in [5.74, 6) is 0.434. The van der Waals surface area contributed by atoms with Crippen LogP contribution in [0.1, 0.15) is 49.8 Å². The molecule has 188 valence electrons. The fourth-order valence-corrected chi connectivity index (χ4v) is 4.70. The number of aliphatic hydroxyl groups is 1. The third-order valence-corrected chi connectivity index (χ3v) is 6.91. The van der Waals surface area contributed by atoms with Gasteiger partial charge in [-0.25, -0.2) is 4.98 Å². The molecular formula is C25H29FN8O2. The van der Waals surface area contributed by atoms with Crippen molar-refractivity contribution in [2.45, 2.75) is 51.0 Å². The van der Waals surface area contributed by atoms with Crippen LogP contribution in [0, 0.1) is 5.95 Å². The number of nitrogens with zero attached hydrogens (tertiary/aromatic N) is 6. The van der Waals surface area contributed by atoms with Gasteiger partial charge >= 0.3 is 0 Å². The number of aromatic nitrogens is 6. The summed E-state index contributed by atoms with van der Waals surface area (Å²) in [5.41, 5.74) is 11.3. The number of aryl methyl sites for hydroxylation is 1. The second-order valence-corrected chi connectivity index (χ2v) is 9.19. The van der Waals surface area contributed by atoms with E-state index in [1.165, 1.54) is 6.20 Å². The number of rotatable bonds is 9. The normalized spacial score (nSPS) is 14.3. The number of fused-ring (bicyclic) bond motifs is 1. The Balaban J connectivity index is 1.48. The van der Waals surface area contributed by atoms with E-state index in [-0.39, 0.29) is 11.9 Å². The van der Waals surface area contributed by atoms with Gasteiger partial charge in [0.05, 0.1) is 18.1 Å². The highest BCUT2D eigenvalue weighted by molar-refractivity contribution is 5.79. The number of amides is 1. The van der Waals surface area contributed by atoms with E-state index in [1.807, 2.05) is 13.0 Å². The minimum Gasteiger partial charge on any atom is -0.387 e. The van der Waals surface area contributed by atoms with Crippen molar-refractivity contribution in [2.24, 2.45) is 0 Å². The molecule has 0 aliphatic heterocycles.